The van der Waals surface area contributed by atoms with E-state index in [0.717, 1.165) is 5.69 Å². The Hall–Kier alpha value is -1.65. The van der Waals surface area contributed by atoms with Gasteiger partial charge in [0.1, 0.15) is 0 Å². The van der Waals surface area contributed by atoms with E-state index in [1.807, 2.05) is 21.0 Å². The third kappa shape index (κ3) is 2.69. The van der Waals surface area contributed by atoms with Crippen molar-refractivity contribution in [2.45, 2.75) is 13.3 Å². The SMILES string of the molecule is Cc1cc(CC(=O)O)nc(N(C)C)n1. The smallest absolute Gasteiger partial charge is 0.309 e. The van der Waals surface area contributed by atoms with E-state index in [9.17, 15) is 4.79 Å². The molecule has 0 aliphatic carbocycles. The Balaban J connectivity index is 3.01. The summed E-state index contributed by atoms with van der Waals surface area (Å²) in [7, 11) is 3.64. The molecule has 1 N–H and O–H groups in total. The summed E-state index contributed by atoms with van der Waals surface area (Å²) in [4.78, 5) is 20.5. The Labute approximate surface area is 82.4 Å². The molecule has 0 spiro atoms. The van der Waals surface area contributed by atoms with Crippen molar-refractivity contribution in [2.24, 2.45) is 0 Å². The molecule has 5 heteroatoms. The van der Waals surface area contributed by atoms with Crippen LogP contribution in [-0.4, -0.2) is 35.1 Å². The van der Waals surface area contributed by atoms with Crippen LogP contribution in [0.15, 0.2) is 6.07 Å². The Bertz CT molecular complexity index is 350. The molecule has 1 rings (SSSR count). The van der Waals surface area contributed by atoms with Crippen LogP contribution < -0.4 is 4.90 Å². The first kappa shape index (κ1) is 10.4. The highest BCUT2D eigenvalue weighted by molar-refractivity contribution is 5.69. The molecule has 1 aromatic rings. The van der Waals surface area contributed by atoms with E-state index in [4.69, 9.17) is 5.11 Å². The summed E-state index contributed by atoms with van der Waals surface area (Å²) in [6.45, 7) is 1.82. The lowest BCUT2D eigenvalue weighted by Gasteiger charge is -2.11. The molecule has 0 aliphatic heterocycles. The van der Waals surface area contributed by atoms with Crippen molar-refractivity contribution >= 4 is 11.9 Å². The van der Waals surface area contributed by atoms with Gasteiger partial charge < -0.3 is 10.0 Å². The van der Waals surface area contributed by atoms with Crippen molar-refractivity contribution in [1.29, 1.82) is 0 Å². The van der Waals surface area contributed by atoms with Gasteiger partial charge in [0.25, 0.3) is 0 Å². The number of aromatic nitrogens is 2. The molecule has 0 fully saturated rings. The minimum absolute atomic E-state index is 0.0653. The van der Waals surface area contributed by atoms with Gasteiger partial charge >= 0.3 is 5.97 Å². The summed E-state index contributed by atoms with van der Waals surface area (Å²) in [5.74, 6) is -0.339. The van der Waals surface area contributed by atoms with Crippen LogP contribution in [0.4, 0.5) is 5.95 Å². The molecule has 0 atom stereocenters. The fraction of sp³-hybridized carbons (Fsp3) is 0.444. The van der Waals surface area contributed by atoms with Gasteiger partial charge in [-0.15, -0.1) is 0 Å². The molecular weight excluding hydrogens is 182 g/mol. The quantitative estimate of drug-likeness (QED) is 0.759. The largest absolute Gasteiger partial charge is 0.481 e. The molecule has 1 aromatic heterocycles. The average Bonchev–Trinajstić information content (AvgIpc) is 2.01. The number of hydrogen-bond acceptors (Lipinski definition) is 4. The highest BCUT2D eigenvalue weighted by Gasteiger charge is 2.06. The Morgan fingerprint density at radius 2 is 2.14 bits per heavy atom. The first-order valence-electron chi connectivity index (χ1n) is 4.22. The van der Waals surface area contributed by atoms with Gasteiger partial charge in [-0.1, -0.05) is 0 Å². The second-order valence-electron chi connectivity index (χ2n) is 3.27. The predicted molar refractivity (Wildman–Crippen MR) is 52.4 cm³/mol. The third-order valence-electron chi connectivity index (χ3n) is 1.63. The maximum absolute atomic E-state index is 10.5. The van der Waals surface area contributed by atoms with Gasteiger partial charge in [-0.05, 0) is 13.0 Å². The highest BCUT2D eigenvalue weighted by Crippen LogP contribution is 2.07. The summed E-state index contributed by atoms with van der Waals surface area (Å²) in [5.41, 5.74) is 1.31. The Morgan fingerprint density at radius 3 is 2.64 bits per heavy atom. The molecule has 5 nitrogen and oxygen atoms in total. The summed E-state index contributed by atoms with van der Waals surface area (Å²) in [6.07, 6.45) is -0.0653. The zero-order chi connectivity index (χ0) is 10.7. The van der Waals surface area contributed by atoms with E-state index in [1.165, 1.54) is 0 Å². The topological polar surface area (TPSA) is 66.3 Å². The van der Waals surface area contributed by atoms with Gasteiger partial charge in [0.15, 0.2) is 0 Å². The molecular formula is C9H13N3O2. The van der Waals surface area contributed by atoms with Crippen molar-refractivity contribution in [3.8, 4) is 0 Å². The molecule has 1 heterocycles. The number of carbonyl (C=O) groups is 1. The number of rotatable bonds is 3. The third-order valence-corrected chi connectivity index (χ3v) is 1.63. The number of aryl methyl sites for hydroxylation is 1. The fourth-order valence-corrected chi connectivity index (χ4v) is 1.06. The first-order chi connectivity index (χ1) is 6.49. The minimum Gasteiger partial charge on any atom is -0.481 e. The highest BCUT2D eigenvalue weighted by atomic mass is 16.4. The number of carboxylic acids is 1. The van der Waals surface area contributed by atoms with E-state index in [2.05, 4.69) is 9.97 Å². The maximum Gasteiger partial charge on any atom is 0.309 e. The van der Waals surface area contributed by atoms with Gasteiger partial charge in [-0.3, -0.25) is 4.79 Å². The van der Waals surface area contributed by atoms with E-state index in [-0.39, 0.29) is 6.42 Å². The number of nitrogens with zero attached hydrogens (tertiary/aromatic N) is 3. The van der Waals surface area contributed by atoms with Crippen LogP contribution in [0.3, 0.4) is 0 Å². The van der Waals surface area contributed by atoms with Crippen molar-refractivity contribution in [2.75, 3.05) is 19.0 Å². The summed E-state index contributed by atoms with van der Waals surface area (Å²) >= 11 is 0. The Kier molecular flexibility index (Phi) is 3.01. The molecule has 14 heavy (non-hydrogen) atoms. The van der Waals surface area contributed by atoms with Gasteiger partial charge in [-0.25, -0.2) is 9.97 Å². The van der Waals surface area contributed by atoms with Crippen LogP contribution in [0.1, 0.15) is 11.4 Å². The second kappa shape index (κ2) is 4.04. The lowest BCUT2D eigenvalue weighted by Crippen LogP contribution is -2.15. The lowest BCUT2D eigenvalue weighted by molar-refractivity contribution is -0.136. The van der Waals surface area contributed by atoms with Crippen molar-refractivity contribution in [3.63, 3.8) is 0 Å². The number of hydrogen-bond donors (Lipinski definition) is 1. The predicted octanol–water partition coefficient (Wildman–Crippen LogP) is 0.478. The van der Waals surface area contributed by atoms with Crippen molar-refractivity contribution < 1.29 is 9.90 Å². The van der Waals surface area contributed by atoms with Crippen LogP contribution in [0.25, 0.3) is 0 Å². The van der Waals surface area contributed by atoms with Crippen LogP contribution >= 0.6 is 0 Å². The molecule has 0 unspecified atom stereocenters. The number of anilines is 1. The van der Waals surface area contributed by atoms with Gasteiger partial charge in [0, 0.05) is 19.8 Å². The lowest BCUT2D eigenvalue weighted by atomic mass is 10.2. The van der Waals surface area contributed by atoms with Crippen LogP contribution in [-0.2, 0) is 11.2 Å². The zero-order valence-electron chi connectivity index (χ0n) is 8.48. The molecule has 0 bridgehead atoms. The molecule has 0 saturated heterocycles. The van der Waals surface area contributed by atoms with Gasteiger partial charge in [0.2, 0.25) is 5.95 Å². The van der Waals surface area contributed by atoms with Gasteiger partial charge in [0.05, 0.1) is 12.1 Å². The fourth-order valence-electron chi connectivity index (χ4n) is 1.06. The zero-order valence-corrected chi connectivity index (χ0v) is 8.48. The summed E-state index contributed by atoms with van der Waals surface area (Å²) in [6, 6.07) is 1.68. The number of aliphatic carboxylic acids is 1. The molecule has 0 aliphatic rings. The van der Waals surface area contributed by atoms with Crippen LogP contribution in [0.2, 0.25) is 0 Å². The van der Waals surface area contributed by atoms with E-state index in [1.54, 1.807) is 11.0 Å². The van der Waals surface area contributed by atoms with Crippen molar-refractivity contribution in [3.05, 3.63) is 17.5 Å². The van der Waals surface area contributed by atoms with Crippen molar-refractivity contribution in [1.82, 2.24) is 9.97 Å². The van der Waals surface area contributed by atoms with Gasteiger partial charge in [-0.2, -0.15) is 0 Å². The van der Waals surface area contributed by atoms with E-state index < -0.39 is 5.97 Å². The standard InChI is InChI=1S/C9H13N3O2/c1-6-4-7(5-8(13)14)11-9(10-6)12(2)3/h4H,5H2,1-3H3,(H,13,14). The first-order valence-corrected chi connectivity index (χ1v) is 4.22. The van der Waals surface area contributed by atoms with E-state index >= 15 is 0 Å². The molecule has 0 radical (unpaired) electrons. The molecule has 0 aromatic carbocycles. The maximum atomic E-state index is 10.5. The molecule has 76 valence electrons. The van der Waals surface area contributed by atoms with Crippen LogP contribution in [0, 0.1) is 6.92 Å². The number of carboxylic acid groups (broad SMARTS) is 1. The average molecular weight is 195 g/mol. The second-order valence-corrected chi connectivity index (χ2v) is 3.27. The van der Waals surface area contributed by atoms with E-state index in [0.29, 0.717) is 11.6 Å². The normalized spacial score (nSPS) is 9.93. The summed E-state index contributed by atoms with van der Waals surface area (Å²) < 4.78 is 0. The summed E-state index contributed by atoms with van der Waals surface area (Å²) in [5, 5.41) is 8.61. The molecule has 0 saturated carbocycles. The molecule has 0 amide bonds. The monoisotopic (exact) mass is 195 g/mol. The minimum atomic E-state index is -0.882. The van der Waals surface area contributed by atoms with Crippen LogP contribution in [0.5, 0.6) is 0 Å². The Morgan fingerprint density at radius 1 is 1.50 bits per heavy atom.